The van der Waals surface area contributed by atoms with Crippen molar-refractivity contribution in [2.45, 2.75) is 31.6 Å². The van der Waals surface area contributed by atoms with Crippen molar-refractivity contribution in [1.29, 1.82) is 0 Å². The fourth-order valence-corrected chi connectivity index (χ4v) is 4.60. The van der Waals surface area contributed by atoms with Crippen LogP contribution in [0.1, 0.15) is 29.1 Å². The molecule has 0 aliphatic carbocycles. The molecule has 2 amide bonds. The molecule has 1 saturated heterocycles. The van der Waals surface area contributed by atoms with Gasteiger partial charge in [0, 0.05) is 54.4 Å². The number of thioether (sulfide) groups is 1. The van der Waals surface area contributed by atoms with Gasteiger partial charge in [-0.2, -0.15) is 0 Å². The summed E-state index contributed by atoms with van der Waals surface area (Å²) in [5, 5.41) is 3.04. The molecule has 1 aliphatic heterocycles. The second kappa shape index (κ2) is 10.7. The number of nitrogens with zero attached hydrogens (tertiary/aromatic N) is 4. The number of nitrogens with one attached hydrogen (secondary N) is 1. The number of urea groups is 1. The van der Waals surface area contributed by atoms with Crippen LogP contribution in [0.15, 0.2) is 59.5 Å². The second-order valence-corrected chi connectivity index (χ2v) is 9.19. The van der Waals surface area contributed by atoms with Gasteiger partial charge in [-0.1, -0.05) is 30.3 Å². The number of aryl methyl sites for hydroxylation is 2. The highest BCUT2D eigenvalue weighted by molar-refractivity contribution is 7.98. The topological polar surface area (TPSA) is 61.4 Å². The summed E-state index contributed by atoms with van der Waals surface area (Å²) in [7, 11) is 0. The highest BCUT2D eigenvalue weighted by atomic mass is 32.2. The molecule has 3 aromatic rings. The minimum atomic E-state index is -0.0479. The molecular weight excluding hydrogens is 430 g/mol. The number of benzene rings is 2. The molecule has 0 spiro atoms. The van der Waals surface area contributed by atoms with E-state index >= 15 is 0 Å². The number of carbonyl (C=O) groups is 1. The van der Waals surface area contributed by atoms with Crippen LogP contribution in [0.4, 0.5) is 16.3 Å². The number of hydrogen-bond acceptors (Lipinski definition) is 5. The number of anilines is 2. The first kappa shape index (κ1) is 23.1. The van der Waals surface area contributed by atoms with E-state index in [2.05, 4.69) is 46.4 Å². The molecule has 2 aromatic carbocycles. The van der Waals surface area contributed by atoms with Gasteiger partial charge in [0.1, 0.15) is 11.6 Å². The van der Waals surface area contributed by atoms with Gasteiger partial charge < -0.3 is 15.1 Å². The molecule has 6 nitrogen and oxygen atoms in total. The molecule has 4 rings (SSSR count). The van der Waals surface area contributed by atoms with Gasteiger partial charge in [0.25, 0.3) is 0 Å². The summed E-state index contributed by atoms with van der Waals surface area (Å²) in [6, 6.07) is 18.4. The first-order valence-corrected chi connectivity index (χ1v) is 12.6. The van der Waals surface area contributed by atoms with Crippen LogP contribution in [0.5, 0.6) is 0 Å². The predicted molar refractivity (Wildman–Crippen MR) is 136 cm³/mol. The maximum Gasteiger partial charge on any atom is 0.321 e. The summed E-state index contributed by atoms with van der Waals surface area (Å²) < 4.78 is 0. The molecule has 1 aromatic heterocycles. The van der Waals surface area contributed by atoms with Crippen LogP contribution >= 0.6 is 11.8 Å². The van der Waals surface area contributed by atoms with Crippen LogP contribution in [0.25, 0.3) is 0 Å². The zero-order valence-electron chi connectivity index (χ0n) is 19.5. The third-order valence-electron chi connectivity index (χ3n) is 5.95. The average Bonchev–Trinajstić information content (AvgIpc) is 3.08. The van der Waals surface area contributed by atoms with E-state index in [1.807, 2.05) is 48.4 Å². The standard InChI is InChI=1S/C26H31N5OS/c1-19-24(18-21-8-5-4-6-9-21)25(28-20(2)27-19)30-14-7-15-31(17-16-30)26(32)29-22-10-12-23(33-3)13-11-22/h4-6,8-13H,7,14-18H2,1-3H3,(H,29,32). The normalized spacial score (nSPS) is 14.2. The molecule has 0 radical (unpaired) electrons. The van der Waals surface area contributed by atoms with Gasteiger partial charge in [-0.25, -0.2) is 14.8 Å². The van der Waals surface area contributed by atoms with Gasteiger partial charge in [-0.15, -0.1) is 11.8 Å². The molecule has 0 unspecified atom stereocenters. The van der Waals surface area contributed by atoms with Crippen molar-refractivity contribution in [3.63, 3.8) is 0 Å². The number of amides is 2. The Balaban J connectivity index is 1.47. The fraction of sp³-hybridized carbons (Fsp3) is 0.346. The maximum atomic E-state index is 12.9. The van der Waals surface area contributed by atoms with Gasteiger partial charge in [0.2, 0.25) is 0 Å². The Hall–Kier alpha value is -3.06. The van der Waals surface area contributed by atoms with E-state index in [1.54, 1.807) is 11.8 Å². The van der Waals surface area contributed by atoms with Crippen LogP contribution in [0.3, 0.4) is 0 Å². The molecule has 172 valence electrons. The second-order valence-electron chi connectivity index (χ2n) is 8.31. The Morgan fingerprint density at radius 3 is 2.45 bits per heavy atom. The van der Waals surface area contributed by atoms with Crippen molar-refractivity contribution in [2.75, 3.05) is 42.7 Å². The van der Waals surface area contributed by atoms with E-state index in [1.165, 1.54) is 16.0 Å². The van der Waals surface area contributed by atoms with E-state index in [4.69, 9.17) is 4.98 Å². The van der Waals surface area contributed by atoms with Gasteiger partial charge in [0.15, 0.2) is 0 Å². The summed E-state index contributed by atoms with van der Waals surface area (Å²) in [6.45, 7) is 7.00. The highest BCUT2D eigenvalue weighted by Crippen LogP contribution is 2.25. The Labute approximate surface area is 200 Å². The predicted octanol–water partition coefficient (Wildman–Crippen LogP) is 5.15. The molecule has 0 bridgehead atoms. The van der Waals surface area contributed by atoms with Crippen LogP contribution in [0, 0.1) is 13.8 Å². The van der Waals surface area contributed by atoms with Crippen molar-refractivity contribution < 1.29 is 4.79 Å². The van der Waals surface area contributed by atoms with E-state index in [0.29, 0.717) is 6.54 Å². The molecule has 0 saturated carbocycles. The van der Waals surface area contributed by atoms with E-state index in [9.17, 15) is 4.79 Å². The van der Waals surface area contributed by atoms with Crippen molar-refractivity contribution in [2.24, 2.45) is 0 Å². The Morgan fingerprint density at radius 1 is 0.970 bits per heavy atom. The molecular formula is C26H31N5OS. The van der Waals surface area contributed by atoms with Gasteiger partial charge >= 0.3 is 6.03 Å². The quantitative estimate of drug-likeness (QED) is 0.533. The van der Waals surface area contributed by atoms with Crippen LogP contribution in [-0.2, 0) is 6.42 Å². The summed E-state index contributed by atoms with van der Waals surface area (Å²) in [5.41, 5.74) is 4.26. The lowest BCUT2D eigenvalue weighted by Crippen LogP contribution is -2.38. The van der Waals surface area contributed by atoms with E-state index in [-0.39, 0.29) is 6.03 Å². The van der Waals surface area contributed by atoms with Crippen LogP contribution < -0.4 is 10.2 Å². The third-order valence-corrected chi connectivity index (χ3v) is 6.70. The van der Waals surface area contributed by atoms with Crippen LogP contribution in [0.2, 0.25) is 0 Å². The summed E-state index contributed by atoms with van der Waals surface area (Å²) in [5.74, 6) is 1.78. The minimum absolute atomic E-state index is 0.0479. The Bertz CT molecular complexity index is 1090. The number of rotatable bonds is 5. The summed E-state index contributed by atoms with van der Waals surface area (Å²) in [6.07, 6.45) is 3.74. The zero-order valence-corrected chi connectivity index (χ0v) is 20.4. The molecule has 0 atom stereocenters. The Morgan fingerprint density at radius 2 is 1.73 bits per heavy atom. The molecule has 1 fully saturated rings. The van der Waals surface area contributed by atoms with Crippen molar-refractivity contribution in [1.82, 2.24) is 14.9 Å². The minimum Gasteiger partial charge on any atom is -0.354 e. The van der Waals surface area contributed by atoms with Crippen LogP contribution in [-0.4, -0.2) is 53.3 Å². The van der Waals surface area contributed by atoms with E-state index in [0.717, 1.165) is 55.5 Å². The highest BCUT2D eigenvalue weighted by Gasteiger charge is 2.23. The monoisotopic (exact) mass is 461 g/mol. The molecule has 1 N–H and O–H groups in total. The van der Waals surface area contributed by atoms with Gasteiger partial charge in [-0.3, -0.25) is 0 Å². The smallest absolute Gasteiger partial charge is 0.321 e. The number of hydrogen-bond donors (Lipinski definition) is 1. The van der Waals surface area contributed by atoms with Crippen molar-refractivity contribution in [3.05, 3.63) is 77.2 Å². The largest absolute Gasteiger partial charge is 0.354 e. The van der Waals surface area contributed by atoms with E-state index < -0.39 is 0 Å². The summed E-state index contributed by atoms with van der Waals surface area (Å²) in [4.78, 5) is 27.8. The molecule has 1 aliphatic rings. The van der Waals surface area contributed by atoms with Crippen molar-refractivity contribution >= 4 is 29.3 Å². The summed E-state index contributed by atoms with van der Waals surface area (Å²) >= 11 is 1.69. The lowest BCUT2D eigenvalue weighted by atomic mass is 10.0. The lowest BCUT2D eigenvalue weighted by Gasteiger charge is -2.26. The van der Waals surface area contributed by atoms with Crippen molar-refractivity contribution in [3.8, 4) is 0 Å². The lowest BCUT2D eigenvalue weighted by molar-refractivity contribution is 0.215. The van der Waals surface area contributed by atoms with Gasteiger partial charge in [0.05, 0.1) is 0 Å². The third kappa shape index (κ3) is 5.85. The molecule has 2 heterocycles. The maximum absolute atomic E-state index is 12.9. The van der Waals surface area contributed by atoms with Gasteiger partial charge in [-0.05, 0) is 56.4 Å². The zero-order chi connectivity index (χ0) is 23.2. The fourth-order valence-electron chi connectivity index (χ4n) is 4.20. The average molecular weight is 462 g/mol. The SMILES string of the molecule is CSc1ccc(NC(=O)N2CCCN(c3nc(C)nc(C)c3Cc3ccccc3)CC2)cc1. The number of aromatic nitrogens is 2. The first-order chi connectivity index (χ1) is 16.0. The first-order valence-electron chi connectivity index (χ1n) is 11.4. The molecule has 7 heteroatoms. The molecule has 33 heavy (non-hydrogen) atoms. The number of carbonyl (C=O) groups excluding carboxylic acids is 1. The Kier molecular flexibility index (Phi) is 7.50.